The van der Waals surface area contributed by atoms with Gasteiger partial charge in [-0.25, -0.2) is 0 Å². The average Bonchev–Trinajstić information content (AvgIpc) is 3.03. The van der Waals surface area contributed by atoms with Gasteiger partial charge in [-0.1, -0.05) is 19.1 Å². The molecule has 2 heterocycles. The number of benzene rings is 1. The maximum absolute atomic E-state index is 12.8. The van der Waals surface area contributed by atoms with Gasteiger partial charge in [-0.05, 0) is 61.3 Å². The Hall–Kier alpha value is -2.25. The molecule has 0 radical (unpaired) electrons. The number of fused-ring (bicyclic) bond motifs is 1. The van der Waals surface area contributed by atoms with E-state index >= 15 is 0 Å². The molecule has 3 amide bonds. The number of amides is 3. The summed E-state index contributed by atoms with van der Waals surface area (Å²) in [6, 6.07) is 5.87. The second-order valence-corrected chi connectivity index (χ2v) is 9.06. The van der Waals surface area contributed by atoms with Crippen molar-refractivity contribution < 1.29 is 14.4 Å². The Bertz CT molecular complexity index is 829. The number of imide groups is 1. The molecule has 7 nitrogen and oxygen atoms in total. The standard InChI is InChI=1S/C22H30N4O3/c1-22(13-23)8-6-16(7-9-22)24-11-14-2-3-17-15(10-14)12-26(21(17)29)18-4-5-19(27)25-20(18)28/h2-3,10,16,18,24H,4-9,11-13,23H2,1H3,(H,25,27,28). The van der Waals surface area contributed by atoms with Crippen LogP contribution in [0.2, 0.25) is 0 Å². The fourth-order valence-corrected chi connectivity index (χ4v) is 4.72. The molecule has 29 heavy (non-hydrogen) atoms. The number of nitrogens with one attached hydrogen (secondary N) is 2. The van der Waals surface area contributed by atoms with Crippen LogP contribution in [-0.2, 0) is 22.7 Å². The Morgan fingerprint density at radius 1 is 1.21 bits per heavy atom. The third-order valence-electron chi connectivity index (χ3n) is 6.87. The maximum Gasteiger partial charge on any atom is 0.255 e. The highest BCUT2D eigenvalue weighted by Crippen LogP contribution is 2.35. The predicted molar refractivity (Wildman–Crippen MR) is 109 cm³/mol. The van der Waals surface area contributed by atoms with E-state index in [1.54, 1.807) is 4.90 Å². The van der Waals surface area contributed by atoms with Crippen molar-refractivity contribution in [3.05, 3.63) is 34.9 Å². The first-order valence-corrected chi connectivity index (χ1v) is 10.6. The van der Waals surface area contributed by atoms with Crippen molar-refractivity contribution in [1.29, 1.82) is 0 Å². The molecule has 1 aromatic carbocycles. The fraction of sp³-hybridized carbons (Fsp3) is 0.591. The van der Waals surface area contributed by atoms with Crippen LogP contribution in [0.25, 0.3) is 0 Å². The monoisotopic (exact) mass is 398 g/mol. The lowest BCUT2D eigenvalue weighted by Crippen LogP contribution is -2.52. The number of carbonyl (C=O) groups is 3. The van der Waals surface area contributed by atoms with Crippen LogP contribution in [0.5, 0.6) is 0 Å². The minimum atomic E-state index is -0.562. The molecule has 156 valence electrons. The molecule has 1 atom stereocenters. The minimum absolute atomic E-state index is 0.123. The first-order chi connectivity index (χ1) is 13.9. The van der Waals surface area contributed by atoms with E-state index in [9.17, 15) is 14.4 Å². The summed E-state index contributed by atoms with van der Waals surface area (Å²) >= 11 is 0. The van der Waals surface area contributed by atoms with Gasteiger partial charge < -0.3 is 16.0 Å². The molecule has 4 rings (SSSR count). The molecule has 0 bridgehead atoms. The number of carbonyl (C=O) groups excluding carboxylic acids is 3. The molecule has 1 unspecified atom stereocenters. The summed E-state index contributed by atoms with van der Waals surface area (Å²) in [7, 11) is 0. The van der Waals surface area contributed by atoms with Crippen LogP contribution in [0.1, 0.15) is 66.9 Å². The quantitative estimate of drug-likeness (QED) is 0.651. The van der Waals surface area contributed by atoms with E-state index < -0.39 is 6.04 Å². The predicted octanol–water partition coefficient (Wildman–Crippen LogP) is 1.44. The highest BCUT2D eigenvalue weighted by molar-refractivity contribution is 6.05. The van der Waals surface area contributed by atoms with Crippen molar-refractivity contribution in [3.63, 3.8) is 0 Å². The van der Waals surface area contributed by atoms with Gasteiger partial charge in [0.15, 0.2) is 0 Å². The number of piperidine rings is 1. The van der Waals surface area contributed by atoms with Gasteiger partial charge in [-0.2, -0.15) is 0 Å². The van der Waals surface area contributed by atoms with E-state index in [0.29, 0.717) is 24.6 Å². The van der Waals surface area contributed by atoms with Crippen molar-refractivity contribution in [2.45, 2.75) is 70.6 Å². The van der Waals surface area contributed by atoms with Gasteiger partial charge in [-0.3, -0.25) is 19.7 Å². The molecular weight excluding hydrogens is 368 g/mol. The zero-order valence-electron chi connectivity index (χ0n) is 17.0. The van der Waals surface area contributed by atoms with Crippen molar-refractivity contribution in [3.8, 4) is 0 Å². The fourth-order valence-electron chi connectivity index (χ4n) is 4.72. The van der Waals surface area contributed by atoms with Crippen LogP contribution in [0.3, 0.4) is 0 Å². The number of hydrogen-bond donors (Lipinski definition) is 3. The zero-order valence-corrected chi connectivity index (χ0v) is 17.0. The second-order valence-electron chi connectivity index (χ2n) is 9.06. The lowest BCUT2D eigenvalue weighted by Gasteiger charge is -2.36. The number of rotatable bonds is 5. The molecule has 0 spiro atoms. The lowest BCUT2D eigenvalue weighted by molar-refractivity contribution is -0.136. The maximum atomic E-state index is 12.8. The Balaban J connectivity index is 1.37. The first kappa shape index (κ1) is 20.0. The third-order valence-corrected chi connectivity index (χ3v) is 6.87. The zero-order chi connectivity index (χ0) is 20.6. The largest absolute Gasteiger partial charge is 0.330 e. The van der Waals surface area contributed by atoms with E-state index in [2.05, 4.69) is 23.6 Å². The summed E-state index contributed by atoms with van der Waals surface area (Å²) in [6.45, 7) is 4.22. The molecule has 4 N–H and O–H groups in total. The summed E-state index contributed by atoms with van der Waals surface area (Å²) in [4.78, 5) is 37.9. The van der Waals surface area contributed by atoms with Gasteiger partial charge in [0, 0.05) is 31.1 Å². The van der Waals surface area contributed by atoms with Crippen molar-refractivity contribution in [2.24, 2.45) is 11.1 Å². The summed E-state index contributed by atoms with van der Waals surface area (Å²) in [5, 5.41) is 5.99. The van der Waals surface area contributed by atoms with Gasteiger partial charge in [0.25, 0.3) is 5.91 Å². The minimum Gasteiger partial charge on any atom is -0.330 e. The van der Waals surface area contributed by atoms with Crippen molar-refractivity contribution >= 4 is 17.7 Å². The summed E-state index contributed by atoms with van der Waals surface area (Å²) in [6.07, 6.45) is 5.25. The van der Waals surface area contributed by atoms with Crippen molar-refractivity contribution in [1.82, 2.24) is 15.5 Å². The Morgan fingerprint density at radius 2 is 1.97 bits per heavy atom. The van der Waals surface area contributed by atoms with E-state index in [1.807, 2.05) is 12.1 Å². The SMILES string of the molecule is CC1(CN)CCC(NCc2ccc3c(c2)CN(C2CCC(=O)NC2=O)C3=O)CC1. The van der Waals surface area contributed by atoms with E-state index in [4.69, 9.17) is 5.73 Å². The topological polar surface area (TPSA) is 105 Å². The molecular formula is C22H30N4O3. The molecule has 3 aliphatic rings. The smallest absolute Gasteiger partial charge is 0.255 e. The Morgan fingerprint density at radius 3 is 2.66 bits per heavy atom. The van der Waals surface area contributed by atoms with Gasteiger partial charge in [0.1, 0.15) is 6.04 Å². The second kappa shape index (κ2) is 7.88. The molecule has 1 saturated heterocycles. The molecule has 2 fully saturated rings. The van der Waals surface area contributed by atoms with Crippen LogP contribution in [0.15, 0.2) is 18.2 Å². The van der Waals surface area contributed by atoms with Crippen LogP contribution in [0, 0.1) is 5.41 Å². The van der Waals surface area contributed by atoms with Crippen LogP contribution in [0.4, 0.5) is 0 Å². The normalized spacial score (nSPS) is 29.7. The number of nitrogens with zero attached hydrogens (tertiary/aromatic N) is 1. The molecule has 2 aliphatic heterocycles. The third kappa shape index (κ3) is 4.07. The average molecular weight is 399 g/mol. The highest BCUT2D eigenvalue weighted by Gasteiger charge is 2.39. The van der Waals surface area contributed by atoms with Crippen LogP contribution >= 0.6 is 0 Å². The number of nitrogens with two attached hydrogens (primary N) is 1. The summed E-state index contributed by atoms with van der Waals surface area (Å²) < 4.78 is 0. The molecule has 1 aliphatic carbocycles. The first-order valence-electron chi connectivity index (χ1n) is 10.6. The molecule has 1 aromatic rings. The van der Waals surface area contributed by atoms with Crippen molar-refractivity contribution in [2.75, 3.05) is 6.54 Å². The lowest BCUT2D eigenvalue weighted by atomic mass is 9.74. The van der Waals surface area contributed by atoms with Crippen LogP contribution < -0.4 is 16.4 Å². The van der Waals surface area contributed by atoms with E-state index in [0.717, 1.165) is 49.9 Å². The molecule has 0 aromatic heterocycles. The molecule has 1 saturated carbocycles. The van der Waals surface area contributed by atoms with Gasteiger partial charge in [0.2, 0.25) is 11.8 Å². The van der Waals surface area contributed by atoms with Crippen LogP contribution in [-0.4, -0.2) is 41.2 Å². The highest BCUT2D eigenvalue weighted by atomic mass is 16.2. The summed E-state index contributed by atoms with van der Waals surface area (Å²) in [5.41, 5.74) is 8.95. The van der Waals surface area contributed by atoms with E-state index in [1.165, 1.54) is 0 Å². The Kier molecular flexibility index (Phi) is 5.44. The summed E-state index contributed by atoms with van der Waals surface area (Å²) in [5.74, 6) is -0.758. The molecule has 7 heteroatoms. The Labute approximate surface area is 171 Å². The number of hydrogen-bond acceptors (Lipinski definition) is 5. The van der Waals surface area contributed by atoms with Gasteiger partial charge in [0.05, 0.1) is 0 Å². The van der Waals surface area contributed by atoms with Gasteiger partial charge in [-0.15, -0.1) is 0 Å². The van der Waals surface area contributed by atoms with E-state index in [-0.39, 0.29) is 29.6 Å². The van der Waals surface area contributed by atoms with Gasteiger partial charge >= 0.3 is 0 Å².